The number of piperidine rings is 1. The van der Waals surface area contributed by atoms with Gasteiger partial charge in [0.05, 0.1) is 18.2 Å². The Morgan fingerprint density at radius 1 is 1.22 bits per heavy atom. The Labute approximate surface area is 136 Å². The van der Waals surface area contributed by atoms with Gasteiger partial charge < -0.3 is 10.2 Å². The summed E-state index contributed by atoms with van der Waals surface area (Å²) in [5, 5.41) is 2.88. The second-order valence-corrected chi connectivity index (χ2v) is 6.24. The molecule has 1 aromatic heterocycles. The molecule has 2 amide bonds. The van der Waals surface area contributed by atoms with Gasteiger partial charge in [0.25, 0.3) is 0 Å². The second-order valence-electron chi connectivity index (χ2n) is 6.24. The van der Waals surface area contributed by atoms with Crippen LogP contribution in [0.5, 0.6) is 0 Å². The van der Waals surface area contributed by atoms with E-state index in [1.807, 2.05) is 23.1 Å². The van der Waals surface area contributed by atoms with Crippen LogP contribution in [0.15, 0.2) is 24.4 Å². The summed E-state index contributed by atoms with van der Waals surface area (Å²) in [6, 6.07) is 5.39. The third-order valence-corrected chi connectivity index (χ3v) is 4.61. The van der Waals surface area contributed by atoms with Gasteiger partial charge in [0.2, 0.25) is 11.8 Å². The Morgan fingerprint density at radius 3 is 2.78 bits per heavy atom. The number of hydrogen-bond donors (Lipinski definition) is 1. The zero-order chi connectivity index (χ0) is 16.1. The first-order valence-electron chi connectivity index (χ1n) is 8.43. The molecule has 6 nitrogen and oxygen atoms in total. The number of rotatable bonds is 4. The zero-order valence-corrected chi connectivity index (χ0v) is 13.4. The Morgan fingerprint density at radius 2 is 2.04 bits per heavy atom. The van der Waals surface area contributed by atoms with E-state index in [2.05, 4.69) is 15.2 Å². The topological polar surface area (TPSA) is 65.5 Å². The summed E-state index contributed by atoms with van der Waals surface area (Å²) < 4.78 is 0. The fraction of sp³-hybridized carbons (Fsp3) is 0.588. The lowest BCUT2D eigenvalue weighted by Gasteiger charge is -2.36. The van der Waals surface area contributed by atoms with Crippen molar-refractivity contribution in [1.82, 2.24) is 20.1 Å². The lowest BCUT2D eigenvalue weighted by atomic mass is 10.1. The Balaban J connectivity index is 1.65. The molecule has 0 spiro atoms. The van der Waals surface area contributed by atoms with Crippen LogP contribution in [0.25, 0.3) is 0 Å². The SMILES string of the molecule is O=C1NCCN(Cc2ccccn2)C1CC(=O)N1CCCCC1. The van der Waals surface area contributed by atoms with Crippen molar-refractivity contribution in [2.45, 2.75) is 38.3 Å². The zero-order valence-electron chi connectivity index (χ0n) is 13.4. The standard InChI is InChI=1S/C17H24N4O2/c22-16(20-9-4-1-5-10-20)12-15-17(23)19-8-11-21(15)13-14-6-2-3-7-18-14/h2-3,6-7,15H,1,4-5,8-13H2,(H,19,23). The summed E-state index contributed by atoms with van der Waals surface area (Å²) in [4.78, 5) is 33.1. The van der Waals surface area contributed by atoms with Crippen LogP contribution in [0.2, 0.25) is 0 Å². The van der Waals surface area contributed by atoms with E-state index < -0.39 is 0 Å². The highest BCUT2D eigenvalue weighted by Crippen LogP contribution is 2.16. The van der Waals surface area contributed by atoms with Crippen LogP contribution in [-0.4, -0.2) is 58.8 Å². The first kappa shape index (κ1) is 15.9. The molecule has 1 atom stereocenters. The number of hydrogen-bond acceptors (Lipinski definition) is 4. The van der Waals surface area contributed by atoms with Gasteiger partial charge in [-0.3, -0.25) is 19.5 Å². The third kappa shape index (κ3) is 4.07. The fourth-order valence-electron chi connectivity index (χ4n) is 3.31. The van der Waals surface area contributed by atoms with Gasteiger partial charge in [-0.15, -0.1) is 0 Å². The Bertz CT molecular complexity index is 543. The maximum Gasteiger partial charge on any atom is 0.237 e. The minimum Gasteiger partial charge on any atom is -0.353 e. The molecule has 1 N–H and O–H groups in total. The predicted molar refractivity (Wildman–Crippen MR) is 86.5 cm³/mol. The fourth-order valence-corrected chi connectivity index (χ4v) is 3.31. The van der Waals surface area contributed by atoms with Crippen LogP contribution in [0.1, 0.15) is 31.4 Å². The monoisotopic (exact) mass is 316 g/mol. The van der Waals surface area contributed by atoms with Crippen molar-refractivity contribution in [2.75, 3.05) is 26.2 Å². The number of amides is 2. The van der Waals surface area contributed by atoms with Gasteiger partial charge in [0.15, 0.2) is 0 Å². The number of aromatic nitrogens is 1. The van der Waals surface area contributed by atoms with Crippen molar-refractivity contribution in [2.24, 2.45) is 0 Å². The maximum absolute atomic E-state index is 12.5. The van der Waals surface area contributed by atoms with Gasteiger partial charge in [-0.05, 0) is 31.4 Å². The number of likely N-dealkylation sites (tertiary alicyclic amines) is 1. The Kier molecular flexibility index (Phi) is 5.23. The molecule has 1 unspecified atom stereocenters. The van der Waals surface area contributed by atoms with Gasteiger partial charge in [-0.1, -0.05) is 6.07 Å². The van der Waals surface area contributed by atoms with E-state index in [0.717, 1.165) is 38.2 Å². The second kappa shape index (κ2) is 7.55. The highest BCUT2D eigenvalue weighted by molar-refractivity contribution is 5.88. The molecule has 0 saturated carbocycles. The van der Waals surface area contributed by atoms with E-state index in [1.165, 1.54) is 6.42 Å². The van der Waals surface area contributed by atoms with Crippen LogP contribution in [0.3, 0.4) is 0 Å². The molecule has 0 aliphatic carbocycles. The van der Waals surface area contributed by atoms with Crippen LogP contribution < -0.4 is 5.32 Å². The molecule has 0 aromatic carbocycles. The quantitative estimate of drug-likeness (QED) is 0.892. The number of nitrogens with one attached hydrogen (secondary N) is 1. The molecule has 2 saturated heterocycles. The molecule has 3 heterocycles. The molecule has 2 aliphatic heterocycles. The van der Waals surface area contributed by atoms with E-state index in [1.54, 1.807) is 6.20 Å². The van der Waals surface area contributed by atoms with Crippen molar-refractivity contribution >= 4 is 11.8 Å². The van der Waals surface area contributed by atoms with Gasteiger partial charge >= 0.3 is 0 Å². The largest absolute Gasteiger partial charge is 0.353 e. The van der Waals surface area contributed by atoms with Gasteiger partial charge in [0, 0.05) is 38.9 Å². The van der Waals surface area contributed by atoms with Crippen molar-refractivity contribution in [3.05, 3.63) is 30.1 Å². The first-order valence-corrected chi connectivity index (χ1v) is 8.43. The third-order valence-electron chi connectivity index (χ3n) is 4.61. The summed E-state index contributed by atoms with van der Waals surface area (Å²) in [6.07, 6.45) is 5.35. The van der Waals surface area contributed by atoms with E-state index in [4.69, 9.17) is 0 Å². The van der Waals surface area contributed by atoms with Crippen LogP contribution in [0.4, 0.5) is 0 Å². The molecule has 6 heteroatoms. The average molecular weight is 316 g/mol. The number of carbonyl (C=O) groups is 2. The average Bonchev–Trinajstić information content (AvgIpc) is 2.59. The Hall–Kier alpha value is -1.95. The van der Waals surface area contributed by atoms with Gasteiger partial charge in [0.1, 0.15) is 0 Å². The van der Waals surface area contributed by atoms with E-state index in [-0.39, 0.29) is 24.3 Å². The van der Waals surface area contributed by atoms with Gasteiger partial charge in [-0.2, -0.15) is 0 Å². The number of nitrogens with zero attached hydrogens (tertiary/aromatic N) is 3. The minimum absolute atomic E-state index is 0.0439. The predicted octanol–water partition coefficient (Wildman–Crippen LogP) is 0.785. The molecular formula is C17H24N4O2. The minimum atomic E-state index is -0.389. The van der Waals surface area contributed by atoms with Crippen molar-refractivity contribution < 1.29 is 9.59 Å². The normalized spacial score (nSPS) is 22.7. The number of piperazine rings is 1. The summed E-state index contributed by atoms with van der Waals surface area (Å²) in [5.41, 5.74) is 0.928. The lowest BCUT2D eigenvalue weighted by molar-refractivity contribution is -0.139. The van der Waals surface area contributed by atoms with Crippen LogP contribution >= 0.6 is 0 Å². The van der Waals surface area contributed by atoms with E-state index in [0.29, 0.717) is 13.1 Å². The summed E-state index contributed by atoms with van der Waals surface area (Å²) >= 11 is 0. The van der Waals surface area contributed by atoms with Crippen molar-refractivity contribution in [3.8, 4) is 0 Å². The highest BCUT2D eigenvalue weighted by Gasteiger charge is 2.33. The molecule has 2 fully saturated rings. The molecule has 124 valence electrons. The highest BCUT2D eigenvalue weighted by atomic mass is 16.2. The van der Waals surface area contributed by atoms with Crippen LogP contribution in [-0.2, 0) is 16.1 Å². The lowest BCUT2D eigenvalue weighted by Crippen LogP contribution is -2.56. The molecular weight excluding hydrogens is 292 g/mol. The van der Waals surface area contributed by atoms with Crippen molar-refractivity contribution in [1.29, 1.82) is 0 Å². The number of carbonyl (C=O) groups excluding carboxylic acids is 2. The van der Waals surface area contributed by atoms with E-state index >= 15 is 0 Å². The smallest absolute Gasteiger partial charge is 0.237 e. The maximum atomic E-state index is 12.5. The molecule has 2 aliphatic rings. The molecule has 0 radical (unpaired) electrons. The molecule has 23 heavy (non-hydrogen) atoms. The summed E-state index contributed by atoms with van der Waals surface area (Å²) in [6.45, 7) is 3.63. The first-order chi connectivity index (χ1) is 11.2. The van der Waals surface area contributed by atoms with E-state index in [9.17, 15) is 9.59 Å². The molecule has 1 aromatic rings. The molecule has 0 bridgehead atoms. The summed E-state index contributed by atoms with van der Waals surface area (Å²) in [7, 11) is 0. The van der Waals surface area contributed by atoms with Gasteiger partial charge in [-0.25, -0.2) is 0 Å². The van der Waals surface area contributed by atoms with Crippen molar-refractivity contribution in [3.63, 3.8) is 0 Å². The molecule has 3 rings (SSSR count). The number of pyridine rings is 1. The van der Waals surface area contributed by atoms with Crippen LogP contribution in [0, 0.1) is 0 Å². The summed E-state index contributed by atoms with van der Waals surface area (Å²) in [5.74, 6) is 0.0512.